The molecule has 2 aliphatic rings. The van der Waals surface area contributed by atoms with Gasteiger partial charge in [-0.05, 0) is 197 Å². The summed E-state index contributed by atoms with van der Waals surface area (Å²) in [4.78, 5) is 30.6. The zero-order valence-corrected chi connectivity index (χ0v) is 76.0. The van der Waals surface area contributed by atoms with Crippen molar-refractivity contribution in [2.45, 2.75) is 74.0 Å². The van der Waals surface area contributed by atoms with Crippen molar-refractivity contribution in [1.82, 2.24) is 29.9 Å². The van der Waals surface area contributed by atoms with Crippen LogP contribution in [0, 0.1) is 36.4 Å². The third kappa shape index (κ3) is 17.8. The van der Waals surface area contributed by atoms with E-state index in [0.717, 1.165) is 157 Å². The standard InChI is InChI=1S/C108H74Br4N6.2Ir/c109-87-24-14-20-71(59-87)105-48-42-77(65-115-105)93-30-3-9-36-99(93)83-53-81(54-84(57-83)100-37-10-4-31-94(100)78-43-49-106(116-66-78)72-21-15-25-88(110)60-72)97-34-7-1-28-91(97)75-40-46-103(113-63-75)69-18-13-19-70(52-69)104-47-41-76(64-114-104)92-29-2-8-35-98(92)82-55-85(101-38-11-5-32-95(101)79-44-50-107(117-67-79)73-22-16-26-89(111)61-73)58-86(56-82)102-39-12-6-33-96(102)80-45-51-108(118-68-80)74-23-17-27-90(112)62-74;;/h1-17,24-52,59-68,81-86H,53-58H2;;/q-6;2*+3. The minimum absolute atomic E-state index is 0. The summed E-state index contributed by atoms with van der Waals surface area (Å²) in [5, 5.41) is 0. The number of pyridine rings is 6. The van der Waals surface area contributed by atoms with Crippen LogP contribution >= 0.6 is 63.7 Å². The van der Waals surface area contributed by atoms with Crippen LogP contribution in [0.2, 0.25) is 0 Å². The molecule has 11 aromatic carbocycles. The van der Waals surface area contributed by atoms with E-state index < -0.39 is 0 Å². The summed E-state index contributed by atoms with van der Waals surface area (Å²) < 4.78 is 3.99. The van der Waals surface area contributed by atoms with Gasteiger partial charge in [0.05, 0.1) is 0 Å². The van der Waals surface area contributed by atoms with Crippen molar-refractivity contribution < 1.29 is 40.2 Å². The fourth-order valence-corrected chi connectivity index (χ4v) is 19.6. The van der Waals surface area contributed by atoms with Crippen LogP contribution in [0.3, 0.4) is 0 Å². The number of hydrogen-bond donors (Lipinski definition) is 0. The van der Waals surface area contributed by atoms with Crippen LogP contribution in [-0.4, -0.2) is 29.9 Å². The molecule has 6 heterocycles. The van der Waals surface area contributed by atoms with Crippen molar-refractivity contribution >= 4 is 63.7 Å². The van der Waals surface area contributed by atoms with Crippen LogP contribution in [-0.2, 0) is 40.2 Å². The Labute approximate surface area is 762 Å². The fourth-order valence-electron chi connectivity index (χ4n) is 18.2. The molecule has 120 heavy (non-hydrogen) atoms. The molecule has 6 aromatic heterocycles. The molecule has 0 amide bonds. The molecule has 17 aromatic rings. The first-order chi connectivity index (χ1) is 58.1. The molecule has 0 bridgehead atoms. The van der Waals surface area contributed by atoms with Gasteiger partial charge in [-0.3, -0.25) is 22.7 Å². The predicted molar refractivity (Wildman–Crippen MR) is 492 cm³/mol. The Hall–Kier alpha value is -10.5. The first-order valence-electron chi connectivity index (χ1n) is 40.0. The van der Waals surface area contributed by atoms with E-state index >= 15 is 0 Å². The van der Waals surface area contributed by atoms with Crippen molar-refractivity contribution in [2.24, 2.45) is 0 Å². The van der Waals surface area contributed by atoms with Gasteiger partial charge in [0.15, 0.2) is 0 Å². The average molecular weight is 2160 g/mol. The summed E-state index contributed by atoms with van der Waals surface area (Å²) in [6, 6.07) is 129. The summed E-state index contributed by atoms with van der Waals surface area (Å²) in [6.07, 6.45) is 18.0. The normalized spacial score (nSPS) is 16.3. The molecule has 0 N–H and O–H groups in total. The molecule has 2 aliphatic carbocycles. The van der Waals surface area contributed by atoms with Crippen molar-refractivity contribution in [3.63, 3.8) is 0 Å². The van der Waals surface area contributed by atoms with Crippen molar-refractivity contribution in [3.05, 3.63) is 428 Å². The Morgan fingerprint density at radius 2 is 0.392 bits per heavy atom. The fraction of sp³-hybridized carbons (Fsp3) is 0.111. The first kappa shape index (κ1) is 81.9. The molecule has 2 saturated carbocycles. The quantitative estimate of drug-likeness (QED) is 0.0797. The maximum absolute atomic E-state index is 5.25. The second kappa shape index (κ2) is 37.3. The second-order valence-corrected chi connectivity index (χ2v) is 34.5. The van der Waals surface area contributed by atoms with E-state index in [9.17, 15) is 0 Å². The molecule has 582 valence electrons. The maximum Gasteiger partial charge on any atom is 3.00 e. The number of benzene rings is 11. The number of nitrogens with zero attached hydrogens (tertiary/aromatic N) is 6. The Morgan fingerprint density at radius 3 is 0.567 bits per heavy atom. The Bertz CT molecular complexity index is 5820. The smallest absolute Gasteiger partial charge is 0.351 e. The molecule has 0 aliphatic heterocycles. The van der Waals surface area contributed by atoms with Gasteiger partial charge in [0.1, 0.15) is 0 Å². The average Bonchev–Trinajstić information content (AvgIpc) is 0.770. The van der Waals surface area contributed by atoms with Crippen molar-refractivity contribution in [1.29, 1.82) is 0 Å². The van der Waals surface area contributed by atoms with Gasteiger partial charge in [0, 0.05) is 48.4 Å². The Kier molecular flexibility index (Phi) is 25.4. The molecule has 0 radical (unpaired) electrons. The summed E-state index contributed by atoms with van der Waals surface area (Å²) in [6.45, 7) is 0. The van der Waals surface area contributed by atoms with E-state index in [0.29, 0.717) is 0 Å². The molecule has 2 fully saturated rings. The van der Waals surface area contributed by atoms with E-state index in [1.165, 1.54) is 66.8 Å². The van der Waals surface area contributed by atoms with E-state index in [4.69, 9.17) is 29.9 Å². The minimum atomic E-state index is 0. The summed E-state index contributed by atoms with van der Waals surface area (Å²) in [5.74, 6) is 1.28. The van der Waals surface area contributed by atoms with E-state index in [2.05, 4.69) is 349 Å². The van der Waals surface area contributed by atoms with Crippen LogP contribution in [0.1, 0.15) is 107 Å². The Balaban J connectivity index is 0.00000514. The van der Waals surface area contributed by atoms with Gasteiger partial charge in [0.25, 0.3) is 0 Å². The van der Waals surface area contributed by atoms with Crippen molar-refractivity contribution in [2.75, 3.05) is 0 Å². The third-order valence-corrected chi connectivity index (χ3v) is 25.7. The van der Waals surface area contributed by atoms with E-state index in [1.807, 2.05) is 91.8 Å². The summed E-state index contributed by atoms with van der Waals surface area (Å²) in [5.41, 5.74) is 32.5. The number of halogens is 4. The molecule has 0 saturated heterocycles. The topological polar surface area (TPSA) is 77.3 Å². The molecule has 6 nitrogen and oxygen atoms in total. The van der Waals surface area contributed by atoms with E-state index in [-0.39, 0.29) is 75.7 Å². The van der Waals surface area contributed by atoms with Crippen molar-refractivity contribution in [3.8, 4) is 134 Å². The predicted octanol–water partition coefficient (Wildman–Crippen LogP) is 29.6. The largest absolute Gasteiger partial charge is 3.00 e. The van der Waals surface area contributed by atoms with Gasteiger partial charge in [0.2, 0.25) is 0 Å². The number of hydrogen-bond acceptors (Lipinski definition) is 6. The van der Waals surface area contributed by atoms with Gasteiger partial charge < -0.3 is 24.9 Å². The van der Waals surface area contributed by atoms with E-state index in [1.54, 1.807) is 0 Å². The molecule has 0 spiro atoms. The molecule has 4 atom stereocenters. The Morgan fingerprint density at radius 1 is 0.208 bits per heavy atom. The minimum Gasteiger partial charge on any atom is -0.351 e. The molecule has 19 rings (SSSR count). The third-order valence-electron chi connectivity index (χ3n) is 23.7. The molecule has 12 heteroatoms. The number of aromatic nitrogens is 6. The number of rotatable bonds is 18. The maximum atomic E-state index is 5.25. The zero-order chi connectivity index (χ0) is 79.4. The van der Waals surface area contributed by atoms with Crippen LogP contribution in [0.15, 0.2) is 358 Å². The van der Waals surface area contributed by atoms with Crippen LogP contribution in [0.4, 0.5) is 0 Å². The molecular weight excluding hydrogens is 2090 g/mol. The van der Waals surface area contributed by atoms with Crippen LogP contribution < -0.4 is 0 Å². The van der Waals surface area contributed by atoms with Crippen LogP contribution in [0.25, 0.3) is 134 Å². The summed E-state index contributed by atoms with van der Waals surface area (Å²) >= 11 is 14.6. The molecule has 4 unspecified atom stereocenters. The van der Waals surface area contributed by atoms with Gasteiger partial charge in [-0.15, -0.1) is 125 Å². The summed E-state index contributed by atoms with van der Waals surface area (Å²) in [7, 11) is 0. The zero-order valence-electron chi connectivity index (χ0n) is 64.9. The van der Waals surface area contributed by atoms with Gasteiger partial charge in [-0.1, -0.05) is 294 Å². The molecular formula is C108H74Br4Ir2N6. The van der Waals surface area contributed by atoms with Gasteiger partial charge in [-0.2, -0.15) is 5.56 Å². The van der Waals surface area contributed by atoms with Gasteiger partial charge >= 0.3 is 40.2 Å². The first-order valence-corrected chi connectivity index (χ1v) is 43.2. The second-order valence-electron chi connectivity index (χ2n) is 30.8. The van der Waals surface area contributed by atoms with Crippen LogP contribution in [0.5, 0.6) is 0 Å². The SMILES string of the molecule is Brc1cc[c-]c(-c2ccc(-c3ccccc3C3CC(c4ccccc4-c4ccc(-c5[c-]c[c-]c(-c6ccc(-c7ccccc7C7CC(c8ccccc8-c8ccc(-c9[c-]ccc(Br)c9)nc8)CC(c8ccccc8-c8ccc(-c9[c-]ccc(Br)c9)nc8)C7)cn6)c5)nc4)CC(c4ccccc4-c4ccc(-c5[c-]ccc(Br)c5)nc4)C3)cn2)c1.[Ir+3].[Ir+3]. The van der Waals surface area contributed by atoms with Gasteiger partial charge in [-0.25, -0.2) is 12.1 Å². The monoisotopic (exact) mass is 2160 g/mol.